The number of halogens is 1. The van der Waals surface area contributed by atoms with Gasteiger partial charge in [0.05, 0.1) is 0 Å². The summed E-state index contributed by atoms with van der Waals surface area (Å²) in [5.41, 5.74) is 6.48. The molecule has 0 aliphatic heterocycles. The maximum atomic E-state index is 11.0. The smallest absolute Gasteiger partial charge is 0.248 e. The van der Waals surface area contributed by atoms with Crippen molar-refractivity contribution in [2.75, 3.05) is 6.54 Å². The quantitative estimate of drug-likeness (QED) is 0.774. The van der Waals surface area contributed by atoms with Crippen molar-refractivity contribution in [2.24, 2.45) is 5.73 Å². The van der Waals surface area contributed by atoms with Crippen molar-refractivity contribution in [3.63, 3.8) is 0 Å². The Balaban J connectivity index is 1.84. The van der Waals surface area contributed by atoms with Gasteiger partial charge in [0.15, 0.2) is 5.82 Å². The first kappa shape index (κ1) is 13.5. The van der Waals surface area contributed by atoms with E-state index >= 15 is 0 Å². The molecule has 0 unspecified atom stereocenters. The molecule has 6 nitrogen and oxygen atoms in total. The van der Waals surface area contributed by atoms with Gasteiger partial charge in [-0.2, -0.15) is 4.98 Å². The molecule has 2 rings (SSSR count). The number of nitrogens with two attached hydrogens (primary N) is 1. The number of rotatable bonds is 6. The van der Waals surface area contributed by atoms with E-state index in [0.29, 0.717) is 35.9 Å². The lowest BCUT2D eigenvalue weighted by Gasteiger charge is -2.06. The van der Waals surface area contributed by atoms with Gasteiger partial charge in [0, 0.05) is 30.1 Å². The third kappa shape index (κ3) is 3.77. The highest BCUT2D eigenvalue weighted by Crippen LogP contribution is 2.17. The maximum Gasteiger partial charge on any atom is 0.248 e. The minimum atomic E-state index is -0.487. The van der Waals surface area contributed by atoms with E-state index in [9.17, 15) is 4.79 Å². The molecule has 2 aromatic rings. The molecule has 0 atom stereocenters. The molecule has 0 aliphatic rings. The summed E-state index contributed by atoms with van der Waals surface area (Å²) in [6.07, 6.45) is 1.97. The van der Waals surface area contributed by atoms with Gasteiger partial charge in [0.2, 0.25) is 12.3 Å². The molecule has 0 spiro atoms. The van der Waals surface area contributed by atoms with Crippen molar-refractivity contribution >= 4 is 17.5 Å². The minimum Gasteiger partial charge on any atom is -0.366 e. The van der Waals surface area contributed by atoms with Crippen LogP contribution in [-0.4, -0.2) is 22.6 Å². The molecule has 0 aliphatic carbocycles. The Bertz CT molecular complexity index is 557. The van der Waals surface area contributed by atoms with E-state index in [-0.39, 0.29) is 0 Å². The summed E-state index contributed by atoms with van der Waals surface area (Å²) in [6.45, 7) is 1.29. The van der Waals surface area contributed by atoms with Gasteiger partial charge in [-0.3, -0.25) is 4.79 Å². The number of nitrogens with one attached hydrogen (secondary N) is 1. The van der Waals surface area contributed by atoms with Gasteiger partial charge in [-0.15, -0.1) is 0 Å². The molecule has 0 bridgehead atoms. The van der Waals surface area contributed by atoms with Gasteiger partial charge in [0.1, 0.15) is 0 Å². The predicted molar refractivity (Wildman–Crippen MR) is 69.7 cm³/mol. The Morgan fingerprint density at radius 1 is 1.47 bits per heavy atom. The van der Waals surface area contributed by atoms with Gasteiger partial charge in [-0.25, -0.2) is 0 Å². The largest absolute Gasteiger partial charge is 0.366 e. The van der Waals surface area contributed by atoms with Crippen molar-refractivity contribution in [1.82, 2.24) is 15.5 Å². The van der Waals surface area contributed by atoms with Crippen molar-refractivity contribution in [2.45, 2.75) is 13.0 Å². The van der Waals surface area contributed by atoms with E-state index in [1.807, 2.05) is 0 Å². The zero-order chi connectivity index (χ0) is 13.7. The minimum absolute atomic E-state index is 0.403. The van der Waals surface area contributed by atoms with Crippen molar-refractivity contribution < 1.29 is 9.32 Å². The number of primary amides is 1. The van der Waals surface area contributed by atoms with Crippen molar-refractivity contribution in [3.8, 4) is 0 Å². The normalized spacial score (nSPS) is 10.6. The van der Waals surface area contributed by atoms with Gasteiger partial charge >= 0.3 is 0 Å². The van der Waals surface area contributed by atoms with Crippen LogP contribution in [0.15, 0.2) is 29.1 Å². The Kier molecular flexibility index (Phi) is 4.48. The average molecular weight is 281 g/mol. The summed E-state index contributed by atoms with van der Waals surface area (Å²) in [5.74, 6) is 0.168. The van der Waals surface area contributed by atoms with Crippen LogP contribution in [0.25, 0.3) is 0 Å². The number of nitrogens with zero attached hydrogens (tertiary/aromatic N) is 2. The van der Waals surface area contributed by atoms with Crippen LogP contribution in [0.1, 0.15) is 21.7 Å². The van der Waals surface area contributed by atoms with Crippen LogP contribution in [0.5, 0.6) is 0 Å². The zero-order valence-electron chi connectivity index (χ0n) is 10.1. The molecular formula is C12H13ClN4O2. The van der Waals surface area contributed by atoms with Crippen molar-refractivity contribution in [3.05, 3.63) is 46.6 Å². The molecule has 1 amide bonds. The molecule has 1 heterocycles. The number of carbonyl (C=O) groups excluding carboxylic acids is 1. The first-order valence-electron chi connectivity index (χ1n) is 5.71. The van der Waals surface area contributed by atoms with Gasteiger partial charge in [-0.1, -0.05) is 22.8 Å². The Morgan fingerprint density at radius 2 is 2.32 bits per heavy atom. The fraction of sp³-hybridized carbons (Fsp3) is 0.250. The molecule has 0 fully saturated rings. The van der Waals surface area contributed by atoms with E-state index in [2.05, 4.69) is 20.0 Å². The topological polar surface area (TPSA) is 94.0 Å². The lowest BCUT2D eigenvalue weighted by atomic mass is 10.1. The number of benzene rings is 1. The average Bonchev–Trinajstić information content (AvgIpc) is 2.89. The number of carbonyl (C=O) groups is 1. The fourth-order valence-corrected chi connectivity index (χ4v) is 1.82. The van der Waals surface area contributed by atoms with Crippen LogP contribution >= 0.6 is 11.6 Å². The first-order chi connectivity index (χ1) is 9.16. The molecule has 0 saturated carbocycles. The Hall–Kier alpha value is -1.92. The lowest BCUT2D eigenvalue weighted by Crippen LogP contribution is -2.18. The van der Waals surface area contributed by atoms with Gasteiger partial charge < -0.3 is 15.6 Å². The summed E-state index contributed by atoms with van der Waals surface area (Å²) in [5, 5.41) is 7.43. The number of hydrogen-bond acceptors (Lipinski definition) is 5. The second-order valence-electron chi connectivity index (χ2n) is 3.94. The molecule has 3 N–H and O–H groups in total. The van der Waals surface area contributed by atoms with Crippen LogP contribution < -0.4 is 11.1 Å². The zero-order valence-corrected chi connectivity index (χ0v) is 10.9. The van der Waals surface area contributed by atoms with Crippen molar-refractivity contribution in [1.29, 1.82) is 0 Å². The summed E-state index contributed by atoms with van der Waals surface area (Å²) in [6, 6.07) is 5.01. The van der Waals surface area contributed by atoms with E-state index in [1.54, 1.807) is 18.2 Å². The Morgan fingerprint density at radius 3 is 2.95 bits per heavy atom. The van der Waals surface area contributed by atoms with E-state index < -0.39 is 5.91 Å². The van der Waals surface area contributed by atoms with Gasteiger partial charge in [0.25, 0.3) is 0 Å². The van der Waals surface area contributed by atoms with Crippen LogP contribution in [-0.2, 0) is 13.0 Å². The highest BCUT2D eigenvalue weighted by atomic mass is 35.5. The van der Waals surface area contributed by atoms with Crippen LogP contribution in [0.4, 0.5) is 0 Å². The Labute approximate surface area is 114 Å². The molecule has 100 valence electrons. The molecule has 1 aromatic carbocycles. The van der Waals surface area contributed by atoms with Crippen LogP contribution in [0.2, 0.25) is 5.02 Å². The summed E-state index contributed by atoms with van der Waals surface area (Å²) >= 11 is 6.06. The molecule has 1 aromatic heterocycles. The summed E-state index contributed by atoms with van der Waals surface area (Å²) < 4.78 is 4.63. The van der Waals surface area contributed by atoms with E-state index in [1.165, 1.54) is 6.39 Å². The molecule has 19 heavy (non-hydrogen) atoms. The third-order valence-corrected chi connectivity index (χ3v) is 2.94. The number of aromatic nitrogens is 2. The summed E-state index contributed by atoms with van der Waals surface area (Å²) in [4.78, 5) is 14.9. The lowest BCUT2D eigenvalue weighted by molar-refractivity contribution is 0.100. The van der Waals surface area contributed by atoms with Crippen LogP contribution in [0, 0.1) is 0 Å². The summed E-state index contributed by atoms with van der Waals surface area (Å²) in [7, 11) is 0. The third-order valence-electron chi connectivity index (χ3n) is 2.59. The SMILES string of the molecule is NC(=O)c1ccc(CNCCc2ncon2)c(Cl)c1. The van der Waals surface area contributed by atoms with Gasteiger partial charge in [-0.05, 0) is 17.7 Å². The molecule has 0 saturated heterocycles. The number of hydrogen-bond donors (Lipinski definition) is 2. The standard InChI is InChI=1S/C12H13ClN4O2/c13-10-5-8(12(14)18)1-2-9(10)6-15-4-3-11-16-7-19-17-11/h1-2,5,7,15H,3-4,6H2,(H2,14,18). The van der Waals surface area contributed by atoms with E-state index in [4.69, 9.17) is 17.3 Å². The highest BCUT2D eigenvalue weighted by Gasteiger charge is 2.05. The molecular weight excluding hydrogens is 268 g/mol. The number of amides is 1. The maximum absolute atomic E-state index is 11.0. The van der Waals surface area contributed by atoms with Crippen LogP contribution in [0.3, 0.4) is 0 Å². The monoisotopic (exact) mass is 280 g/mol. The first-order valence-corrected chi connectivity index (χ1v) is 6.09. The van der Waals surface area contributed by atoms with E-state index in [0.717, 1.165) is 5.56 Å². The molecule has 7 heteroatoms. The second-order valence-corrected chi connectivity index (χ2v) is 4.35. The molecule has 0 radical (unpaired) electrons. The second kappa shape index (κ2) is 6.31. The highest BCUT2D eigenvalue weighted by molar-refractivity contribution is 6.31. The predicted octanol–water partition coefficient (Wildman–Crippen LogP) is 1.15. The fourth-order valence-electron chi connectivity index (χ4n) is 1.57.